The minimum atomic E-state index is -0.0899. The Morgan fingerprint density at radius 1 is 0.455 bits per heavy atom. The highest BCUT2D eigenvalue weighted by atomic mass is 16.5. The van der Waals surface area contributed by atoms with Crippen LogP contribution in [0.25, 0.3) is 0 Å². The van der Waals surface area contributed by atoms with Crippen LogP contribution in [0, 0.1) is 0 Å². The second kappa shape index (κ2) is 11.1. The maximum atomic E-state index is 6.22. The lowest BCUT2D eigenvalue weighted by molar-refractivity contribution is 0.288. The van der Waals surface area contributed by atoms with E-state index in [1.807, 2.05) is 0 Å². The van der Waals surface area contributed by atoms with Gasteiger partial charge in [-0.25, -0.2) is 0 Å². The fourth-order valence-corrected chi connectivity index (χ4v) is 6.51. The summed E-state index contributed by atoms with van der Waals surface area (Å²) in [5.74, 6) is 1.95. The summed E-state index contributed by atoms with van der Waals surface area (Å²) in [6, 6.07) is 43.6. The van der Waals surface area contributed by atoms with Gasteiger partial charge in [-0.1, -0.05) is 100 Å². The Morgan fingerprint density at radius 2 is 0.841 bits per heavy atom. The van der Waals surface area contributed by atoms with Gasteiger partial charge in [0.05, 0.1) is 0 Å². The molecule has 0 radical (unpaired) electrons. The van der Waals surface area contributed by atoms with Crippen molar-refractivity contribution >= 4 is 11.4 Å². The van der Waals surface area contributed by atoms with Gasteiger partial charge < -0.3 is 19.3 Å². The van der Waals surface area contributed by atoms with Crippen molar-refractivity contribution in [2.45, 2.75) is 51.6 Å². The summed E-state index contributed by atoms with van der Waals surface area (Å²) in [5.41, 5.74) is 9.77. The van der Waals surface area contributed by atoms with Gasteiger partial charge in [0.15, 0.2) is 13.5 Å². The lowest BCUT2D eigenvalue weighted by atomic mass is 9.77. The van der Waals surface area contributed by atoms with Crippen LogP contribution in [0.2, 0.25) is 0 Å². The molecule has 0 aromatic heterocycles. The van der Waals surface area contributed by atoms with Crippen molar-refractivity contribution in [2.75, 3.05) is 23.3 Å². The SMILES string of the molecule is CC(C)(c1ccccc1)c1ccc2c(c1)CN(c1ccc(N3COc4ccc(C(C)(C)c5ccccc5)cc4C3)cc1)CO2. The number of ether oxygens (including phenoxy) is 2. The van der Waals surface area contributed by atoms with E-state index < -0.39 is 0 Å². The van der Waals surface area contributed by atoms with Crippen LogP contribution in [0.1, 0.15) is 61.1 Å². The van der Waals surface area contributed by atoms with Crippen molar-refractivity contribution in [1.82, 2.24) is 0 Å². The van der Waals surface area contributed by atoms with Crippen molar-refractivity contribution in [3.05, 3.63) is 155 Å². The van der Waals surface area contributed by atoms with E-state index >= 15 is 0 Å². The van der Waals surface area contributed by atoms with Gasteiger partial charge in [-0.15, -0.1) is 0 Å². The third-order valence-corrected chi connectivity index (χ3v) is 9.61. The predicted molar refractivity (Wildman–Crippen MR) is 180 cm³/mol. The summed E-state index contributed by atoms with van der Waals surface area (Å²) in [7, 11) is 0. The molecule has 0 bridgehead atoms. The van der Waals surface area contributed by atoms with Crippen LogP contribution in [0.15, 0.2) is 121 Å². The Morgan fingerprint density at radius 3 is 1.23 bits per heavy atom. The predicted octanol–water partition coefficient (Wildman–Crippen LogP) is 9.05. The zero-order chi connectivity index (χ0) is 30.3. The molecule has 0 fully saturated rings. The average Bonchev–Trinajstić information content (AvgIpc) is 3.08. The molecule has 5 aromatic rings. The van der Waals surface area contributed by atoms with E-state index in [0.29, 0.717) is 13.5 Å². The molecule has 0 atom stereocenters. The molecule has 4 heteroatoms. The van der Waals surface area contributed by atoms with Crippen molar-refractivity contribution in [3.8, 4) is 11.5 Å². The van der Waals surface area contributed by atoms with Gasteiger partial charge in [-0.2, -0.15) is 0 Å². The van der Waals surface area contributed by atoms with E-state index in [0.717, 1.165) is 36.0 Å². The largest absolute Gasteiger partial charge is 0.473 e. The number of hydrogen-bond donors (Lipinski definition) is 0. The van der Waals surface area contributed by atoms with Crippen molar-refractivity contribution in [1.29, 1.82) is 0 Å². The lowest BCUT2D eigenvalue weighted by Gasteiger charge is -2.34. The smallest absolute Gasteiger partial charge is 0.161 e. The lowest BCUT2D eigenvalue weighted by Crippen LogP contribution is -2.33. The fraction of sp³-hybridized carbons (Fsp3) is 0.250. The number of benzene rings is 5. The summed E-state index contributed by atoms with van der Waals surface area (Å²) in [6.07, 6.45) is 0. The van der Waals surface area contributed by atoms with E-state index in [1.54, 1.807) is 0 Å². The Labute approximate surface area is 261 Å². The number of hydrogen-bond acceptors (Lipinski definition) is 4. The number of fused-ring (bicyclic) bond motifs is 2. The Bertz CT molecular complexity index is 1630. The third kappa shape index (κ3) is 5.19. The second-order valence-electron chi connectivity index (χ2n) is 13.1. The standard InChI is InChI=1S/C40H40N2O2/c1-39(2,31-11-7-5-8-12-31)33-15-21-37-29(23-33)25-41(27-43-37)35-17-19-36(20-18-35)42-26-30-24-34(16-22-38(30)44-28-42)40(3,4)32-13-9-6-10-14-32/h5-24H,25-28H2,1-4H3. The first-order valence-electron chi connectivity index (χ1n) is 15.5. The quantitative estimate of drug-likeness (QED) is 0.200. The second-order valence-corrected chi connectivity index (χ2v) is 13.1. The molecule has 0 N–H and O–H groups in total. The molecule has 5 aromatic carbocycles. The van der Waals surface area contributed by atoms with Crippen LogP contribution >= 0.6 is 0 Å². The van der Waals surface area contributed by atoms with Gasteiger partial charge in [0.25, 0.3) is 0 Å². The Hall–Kier alpha value is -4.70. The highest BCUT2D eigenvalue weighted by Crippen LogP contribution is 2.38. The molecule has 7 rings (SSSR count). The zero-order valence-corrected chi connectivity index (χ0v) is 26.1. The van der Waals surface area contributed by atoms with Crippen molar-refractivity contribution in [3.63, 3.8) is 0 Å². The molecule has 4 nitrogen and oxygen atoms in total. The van der Waals surface area contributed by atoms with E-state index in [2.05, 4.69) is 159 Å². The van der Waals surface area contributed by atoms with Crippen LogP contribution in [-0.4, -0.2) is 13.5 Å². The first-order chi connectivity index (χ1) is 21.3. The van der Waals surface area contributed by atoms with Gasteiger partial charge >= 0.3 is 0 Å². The van der Waals surface area contributed by atoms with E-state index in [1.165, 1.54) is 33.4 Å². The minimum absolute atomic E-state index is 0.0899. The van der Waals surface area contributed by atoms with Gasteiger partial charge in [0.1, 0.15) is 11.5 Å². The summed E-state index contributed by atoms with van der Waals surface area (Å²) < 4.78 is 12.4. The number of nitrogens with zero attached hydrogens (tertiary/aromatic N) is 2. The first kappa shape index (κ1) is 28.1. The van der Waals surface area contributed by atoms with Crippen LogP contribution < -0.4 is 19.3 Å². The molecule has 0 saturated heterocycles. The molecular weight excluding hydrogens is 540 g/mol. The molecule has 222 valence electrons. The van der Waals surface area contributed by atoms with Gasteiger partial charge in [-0.3, -0.25) is 0 Å². The number of rotatable bonds is 6. The van der Waals surface area contributed by atoms with Gasteiger partial charge in [-0.05, 0) is 70.8 Å². The molecule has 0 saturated carbocycles. The summed E-state index contributed by atoms with van der Waals surface area (Å²) >= 11 is 0. The molecule has 0 unspecified atom stereocenters. The summed E-state index contributed by atoms with van der Waals surface area (Å²) in [5, 5.41) is 0. The fourth-order valence-electron chi connectivity index (χ4n) is 6.51. The Balaban J connectivity index is 1.07. The maximum absolute atomic E-state index is 6.22. The first-order valence-corrected chi connectivity index (χ1v) is 15.5. The topological polar surface area (TPSA) is 24.9 Å². The average molecular weight is 581 g/mol. The van der Waals surface area contributed by atoms with Crippen LogP contribution in [-0.2, 0) is 23.9 Å². The van der Waals surface area contributed by atoms with E-state index in [4.69, 9.17) is 9.47 Å². The van der Waals surface area contributed by atoms with Crippen molar-refractivity contribution in [2.24, 2.45) is 0 Å². The van der Waals surface area contributed by atoms with E-state index in [-0.39, 0.29) is 10.8 Å². The molecule has 2 aliphatic rings. The molecule has 0 aliphatic carbocycles. The van der Waals surface area contributed by atoms with E-state index in [9.17, 15) is 0 Å². The molecule has 0 amide bonds. The molecule has 2 aliphatic heterocycles. The molecule has 2 heterocycles. The monoisotopic (exact) mass is 580 g/mol. The van der Waals surface area contributed by atoms with Crippen LogP contribution in [0.5, 0.6) is 11.5 Å². The minimum Gasteiger partial charge on any atom is -0.473 e. The summed E-state index contributed by atoms with van der Waals surface area (Å²) in [6.45, 7) is 11.9. The molecular formula is C40H40N2O2. The molecule has 0 spiro atoms. The summed E-state index contributed by atoms with van der Waals surface area (Å²) in [4.78, 5) is 4.59. The van der Waals surface area contributed by atoms with Gasteiger partial charge in [0.2, 0.25) is 0 Å². The Kier molecular flexibility index (Phi) is 7.08. The highest BCUT2D eigenvalue weighted by molar-refractivity contribution is 5.59. The van der Waals surface area contributed by atoms with Gasteiger partial charge in [0, 0.05) is 46.4 Å². The normalized spacial score (nSPS) is 14.7. The third-order valence-electron chi connectivity index (χ3n) is 9.61. The van der Waals surface area contributed by atoms with Crippen molar-refractivity contribution < 1.29 is 9.47 Å². The highest BCUT2D eigenvalue weighted by Gasteiger charge is 2.28. The zero-order valence-electron chi connectivity index (χ0n) is 26.1. The molecule has 44 heavy (non-hydrogen) atoms. The van der Waals surface area contributed by atoms with Crippen LogP contribution in [0.3, 0.4) is 0 Å². The maximum Gasteiger partial charge on any atom is 0.161 e. The number of anilines is 2. The van der Waals surface area contributed by atoms with Crippen LogP contribution in [0.4, 0.5) is 11.4 Å².